The molecule has 1 heterocycles. The number of nitrogens with zero attached hydrogens (tertiary/aromatic N) is 3. The van der Waals surface area contributed by atoms with Gasteiger partial charge in [-0.3, -0.25) is 19.8 Å². The number of carbonyl (C=O) groups excluding carboxylic acids is 1. The highest BCUT2D eigenvalue weighted by molar-refractivity contribution is 6.30. The quantitative estimate of drug-likeness (QED) is 0.448. The Bertz CT molecular complexity index is 844. The van der Waals surface area contributed by atoms with Gasteiger partial charge in [0.05, 0.1) is 4.92 Å². The van der Waals surface area contributed by atoms with Gasteiger partial charge in [-0.25, -0.2) is 0 Å². The fourth-order valence-corrected chi connectivity index (χ4v) is 3.21. The van der Waals surface area contributed by atoms with Crippen molar-refractivity contribution in [3.05, 3.63) is 80.9 Å². The Hall–Kier alpha value is -2.70. The molecule has 0 atom stereocenters. The molecule has 2 aromatic carbocycles. The van der Waals surface area contributed by atoms with E-state index in [9.17, 15) is 14.9 Å². The van der Waals surface area contributed by atoms with Crippen molar-refractivity contribution in [2.75, 3.05) is 26.2 Å². The van der Waals surface area contributed by atoms with Gasteiger partial charge in [-0.2, -0.15) is 0 Å². The van der Waals surface area contributed by atoms with Gasteiger partial charge in [0.25, 0.3) is 5.69 Å². The summed E-state index contributed by atoms with van der Waals surface area (Å²) in [5.74, 6) is -0.0456. The van der Waals surface area contributed by atoms with Crippen LogP contribution in [0.1, 0.15) is 11.1 Å². The first-order valence-corrected chi connectivity index (χ1v) is 9.07. The van der Waals surface area contributed by atoms with Crippen molar-refractivity contribution in [1.29, 1.82) is 0 Å². The summed E-state index contributed by atoms with van der Waals surface area (Å²) in [7, 11) is 0. The maximum absolute atomic E-state index is 12.4. The number of hydrogen-bond donors (Lipinski definition) is 0. The molecule has 0 radical (unpaired) electrons. The van der Waals surface area contributed by atoms with Crippen LogP contribution >= 0.6 is 11.6 Å². The fraction of sp³-hybridized carbons (Fsp3) is 0.250. The van der Waals surface area contributed by atoms with Crippen LogP contribution in [0, 0.1) is 10.1 Å². The zero-order chi connectivity index (χ0) is 19.2. The number of amides is 1. The van der Waals surface area contributed by atoms with Crippen molar-refractivity contribution in [2.45, 2.75) is 6.54 Å². The predicted molar refractivity (Wildman–Crippen MR) is 105 cm³/mol. The van der Waals surface area contributed by atoms with Gasteiger partial charge in [0.2, 0.25) is 5.91 Å². The largest absolute Gasteiger partial charge is 0.337 e. The highest BCUT2D eigenvalue weighted by atomic mass is 35.5. The van der Waals surface area contributed by atoms with Crippen LogP contribution in [0.15, 0.2) is 54.6 Å². The number of piperazine rings is 1. The van der Waals surface area contributed by atoms with E-state index >= 15 is 0 Å². The van der Waals surface area contributed by atoms with Crippen molar-refractivity contribution < 1.29 is 9.72 Å². The van der Waals surface area contributed by atoms with E-state index in [0.29, 0.717) is 13.1 Å². The maximum Gasteiger partial charge on any atom is 0.269 e. The molecule has 0 unspecified atom stereocenters. The summed E-state index contributed by atoms with van der Waals surface area (Å²) in [6.07, 6.45) is 3.21. The summed E-state index contributed by atoms with van der Waals surface area (Å²) in [5.41, 5.74) is 1.96. The van der Waals surface area contributed by atoms with E-state index in [4.69, 9.17) is 11.6 Å². The molecule has 0 N–H and O–H groups in total. The first-order chi connectivity index (χ1) is 13.0. The number of carbonyl (C=O) groups is 1. The van der Waals surface area contributed by atoms with Crippen LogP contribution in [-0.2, 0) is 11.3 Å². The van der Waals surface area contributed by atoms with Gasteiger partial charge in [-0.05, 0) is 41.5 Å². The number of benzene rings is 2. The number of rotatable bonds is 5. The minimum atomic E-state index is -0.443. The summed E-state index contributed by atoms with van der Waals surface area (Å²) in [4.78, 5) is 26.7. The molecule has 1 amide bonds. The normalized spacial score (nSPS) is 15.2. The molecule has 3 rings (SSSR count). The number of nitro groups is 1. The smallest absolute Gasteiger partial charge is 0.269 e. The van der Waals surface area contributed by atoms with Gasteiger partial charge in [0.1, 0.15) is 0 Å². The van der Waals surface area contributed by atoms with Gasteiger partial charge in [0, 0.05) is 56.0 Å². The lowest BCUT2D eigenvalue weighted by Crippen LogP contribution is -2.47. The standard InChI is InChI=1S/C20H20ClN3O3/c21-18-3-1-2-17(14-18)15-22-10-12-23(13-11-22)20(25)9-6-16-4-7-19(8-5-16)24(26)27/h1-9,14H,10-13,15H2/b9-6+. The van der Waals surface area contributed by atoms with Crippen LogP contribution in [0.5, 0.6) is 0 Å². The molecule has 6 nitrogen and oxygen atoms in total. The topological polar surface area (TPSA) is 66.7 Å². The zero-order valence-corrected chi connectivity index (χ0v) is 15.5. The highest BCUT2D eigenvalue weighted by Crippen LogP contribution is 2.15. The third-order valence-electron chi connectivity index (χ3n) is 4.50. The van der Waals surface area contributed by atoms with Gasteiger partial charge in [-0.1, -0.05) is 23.7 Å². The van der Waals surface area contributed by atoms with Gasteiger partial charge >= 0.3 is 0 Å². The van der Waals surface area contributed by atoms with Crippen LogP contribution in [0.4, 0.5) is 5.69 Å². The van der Waals surface area contributed by atoms with E-state index in [1.54, 1.807) is 18.2 Å². The van der Waals surface area contributed by atoms with Crippen molar-refractivity contribution in [3.63, 3.8) is 0 Å². The summed E-state index contributed by atoms with van der Waals surface area (Å²) >= 11 is 6.02. The fourth-order valence-electron chi connectivity index (χ4n) is 3.00. The van der Waals surface area contributed by atoms with Crippen LogP contribution in [0.3, 0.4) is 0 Å². The Morgan fingerprint density at radius 2 is 1.81 bits per heavy atom. The molecule has 0 aromatic heterocycles. The molecule has 0 bridgehead atoms. The third-order valence-corrected chi connectivity index (χ3v) is 4.74. The zero-order valence-electron chi connectivity index (χ0n) is 14.8. The monoisotopic (exact) mass is 385 g/mol. The molecule has 1 aliphatic heterocycles. The van der Waals surface area contributed by atoms with Crippen LogP contribution in [-0.4, -0.2) is 46.8 Å². The molecule has 1 saturated heterocycles. The Balaban J connectivity index is 1.50. The highest BCUT2D eigenvalue weighted by Gasteiger charge is 2.19. The Morgan fingerprint density at radius 3 is 2.44 bits per heavy atom. The van der Waals surface area contributed by atoms with Gasteiger partial charge < -0.3 is 4.90 Å². The molecule has 140 valence electrons. The molecule has 0 spiro atoms. The number of hydrogen-bond acceptors (Lipinski definition) is 4. The molecule has 1 aliphatic rings. The lowest BCUT2D eigenvalue weighted by molar-refractivity contribution is -0.384. The molecular weight excluding hydrogens is 366 g/mol. The predicted octanol–water partition coefficient (Wildman–Crippen LogP) is 3.61. The van der Waals surface area contributed by atoms with Crippen molar-refractivity contribution in [3.8, 4) is 0 Å². The molecule has 27 heavy (non-hydrogen) atoms. The Kier molecular flexibility index (Phi) is 6.21. The molecule has 1 fully saturated rings. The molecular formula is C20H20ClN3O3. The van der Waals surface area contributed by atoms with E-state index in [1.165, 1.54) is 23.8 Å². The number of halogens is 1. The number of nitro benzene ring substituents is 1. The van der Waals surface area contributed by atoms with E-state index in [0.717, 1.165) is 30.2 Å². The van der Waals surface area contributed by atoms with Gasteiger partial charge in [-0.15, -0.1) is 0 Å². The molecule has 7 heteroatoms. The molecule has 0 saturated carbocycles. The van der Waals surface area contributed by atoms with Crippen LogP contribution < -0.4 is 0 Å². The van der Waals surface area contributed by atoms with E-state index < -0.39 is 4.92 Å². The van der Waals surface area contributed by atoms with Crippen LogP contribution in [0.25, 0.3) is 6.08 Å². The van der Waals surface area contributed by atoms with Crippen LogP contribution in [0.2, 0.25) is 5.02 Å². The summed E-state index contributed by atoms with van der Waals surface area (Å²) in [6, 6.07) is 13.9. The maximum atomic E-state index is 12.4. The summed E-state index contributed by atoms with van der Waals surface area (Å²) in [5, 5.41) is 11.4. The Labute approximate surface area is 162 Å². The summed E-state index contributed by atoms with van der Waals surface area (Å²) in [6.45, 7) is 3.78. The van der Waals surface area contributed by atoms with Crippen molar-refractivity contribution in [2.24, 2.45) is 0 Å². The lowest BCUT2D eigenvalue weighted by atomic mass is 10.2. The van der Waals surface area contributed by atoms with Crippen molar-refractivity contribution in [1.82, 2.24) is 9.80 Å². The van der Waals surface area contributed by atoms with Gasteiger partial charge in [0.15, 0.2) is 0 Å². The third kappa shape index (κ3) is 5.39. The average molecular weight is 386 g/mol. The average Bonchev–Trinajstić information content (AvgIpc) is 2.67. The molecule has 0 aliphatic carbocycles. The van der Waals surface area contributed by atoms with E-state index in [-0.39, 0.29) is 11.6 Å². The first kappa shape index (κ1) is 19.1. The Morgan fingerprint density at radius 1 is 1.11 bits per heavy atom. The SMILES string of the molecule is O=C(/C=C/c1ccc([N+](=O)[O-])cc1)N1CCN(Cc2cccc(Cl)c2)CC1. The van der Waals surface area contributed by atoms with Crippen molar-refractivity contribution >= 4 is 29.3 Å². The minimum Gasteiger partial charge on any atom is -0.337 e. The molecule has 2 aromatic rings. The lowest BCUT2D eigenvalue weighted by Gasteiger charge is -2.34. The second kappa shape index (κ2) is 8.79. The number of non-ortho nitro benzene ring substituents is 1. The second-order valence-corrected chi connectivity index (χ2v) is 6.85. The second-order valence-electron chi connectivity index (χ2n) is 6.41. The first-order valence-electron chi connectivity index (χ1n) is 8.69. The van der Waals surface area contributed by atoms with E-state index in [2.05, 4.69) is 11.0 Å². The summed E-state index contributed by atoms with van der Waals surface area (Å²) < 4.78 is 0. The van der Waals surface area contributed by atoms with E-state index in [1.807, 2.05) is 23.1 Å². The minimum absolute atomic E-state index is 0.0364.